The second-order valence-electron chi connectivity index (χ2n) is 12.5. The van der Waals surface area contributed by atoms with Crippen molar-refractivity contribution in [2.75, 3.05) is 13.7 Å². The van der Waals surface area contributed by atoms with Crippen LogP contribution in [-0.4, -0.2) is 74.3 Å². The monoisotopic (exact) mass is 744 g/mol. The minimum Gasteiger partial charge on any atom is -0.466 e. The lowest BCUT2D eigenvalue weighted by molar-refractivity contribution is -0.303. The van der Waals surface area contributed by atoms with Gasteiger partial charge >= 0.3 is 29.8 Å². The summed E-state index contributed by atoms with van der Waals surface area (Å²) in [4.78, 5) is 64.3. The summed E-state index contributed by atoms with van der Waals surface area (Å²) in [5, 5.41) is 0. The van der Waals surface area contributed by atoms with Crippen LogP contribution in [0.15, 0.2) is 103 Å². The van der Waals surface area contributed by atoms with E-state index in [1.807, 2.05) is 91.0 Å². The number of esters is 5. The molecule has 0 amide bonds. The highest BCUT2D eigenvalue weighted by atomic mass is 16.7. The lowest BCUT2D eigenvalue weighted by Crippen LogP contribution is -2.63. The van der Waals surface area contributed by atoms with Crippen molar-refractivity contribution < 1.29 is 57.1 Å². The molecular weight excluding hydrogens is 696 g/mol. The van der Waals surface area contributed by atoms with Crippen molar-refractivity contribution in [2.24, 2.45) is 0 Å². The van der Waals surface area contributed by atoms with E-state index < -0.39 is 66.2 Å². The lowest BCUT2D eigenvalue weighted by atomic mass is 9.80. The van der Waals surface area contributed by atoms with E-state index in [1.54, 1.807) is 20.8 Å². The van der Waals surface area contributed by atoms with E-state index in [-0.39, 0.29) is 25.9 Å². The highest BCUT2D eigenvalue weighted by molar-refractivity contribution is 5.91. The van der Waals surface area contributed by atoms with Gasteiger partial charge < -0.3 is 33.2 Å². The molecule has 0 radical (unpaired) electrons. The van der Waals surface area contributed by atoms with Gasteiger partial charge in [-0.1, -0.05) is 112 Å². The summed E-state index contributed by atoms with van der Waals surface area (Å²) in [6.45, 7) is 5.05. The molecule has 0 saturated carbocycles. The second-order valence-corrected chi connectivity index (χ2v) is 12.5. The van der Waals surface area contributed by atoms with Gasteiger partial charge in [-0.25, -0.2) is 9.59 Å². The van der Waals surface area contributed by atoms with Crippen LogP contribution >= 0.6 is 0 Å². The van der Waals surface area contributed by atoms with E-state index in [2.05, 4.69) is 4.74 Å². The quantitative estimate of drug-likeness (QED) is 0.0638. The van der Waals surface area contributed by atoms with E-state index >= 15 is 0 Å². The van der Waals surface area contributed by atoms with E-state index in [0.717, 1.165) is 36.0 Å². The molecule has 1 fully saturated rings. The first-order valence-electron chi connectivity index (χ1n) is 18.2. The molecular formula is C42H48O12. The van der Waals surface area contributed by atoms with Gasteiger partial charge in [-0.3, -0.25) is 14.4 Å². The SMILES string of the molecule is CCCC(=O)O[C@@H]1[C@H](OC(=O)CCC)[C@@H](OC(=O)CCC)C(OC(=O)/C=C/C(=O)OC)O[C@@H]1COC(c1ccccc1)(c1ccccc1)c1ccccc1. The summed E-state index contributed by atoms with van der Waals surface area (Å²) in [5.41, 5.74) is 1.06. The lowest BCUT2D eigenvalue weighted by Gasteiger charge is -2.45. The molecule has 0 aromatic heterocycles. The summed E-state index contributed by atoms with van der Waals surface area (Å²) in [7, 11) is 1.14. The zero-order valence-electron chi connectivity index (χ0n) is 31.1. The Kier molecular flexibility index (Phi) is 15.9. The van der Waals surface area contributed by atoms with E-state index in [1.165, 1.54) is 0 Å². The van der Waals surface area contributed by atoms with Crippen molar-refractivity contribution in [3.8, 4) is 0 Å². The minimum atomic E-state index is -1.70. The van der Waals surface area contributed by atoms with Crippen molar-refractivity contribution >= 4 is 29.8 Å². The van der Waals surface area contributed by atoms with Crippen molar-refractivity contribution in [1.29, 1.82) is 0 Å². The number of hydrogen-bond donors (Lipinski definition) is 0. The topological polar surface area (TPSA) is 150 Å². The average Bonchev–Trinajstić information content (AvgIpc) is 3.18. The highest BCUT2D eigenvalue weighted by Gasteiger charge is 2.54. The van der Waals surface area contributed by atoms with Crippen molar-refractivity contribution in [2.45, 2.75) is 95.6 Å². The summed E-state index contributed by atoms with van der Waals surface area (Å²) >= 11 is 0. The molecule has 0 bridgehead atoms. The first-order valence-corrected chi connectivity index (χ1v) is 18.2. The molecule has 12 nitrogen and oxygen atoms in total. The first kappa shape index (κ1) is 41.4. The number of benzene rings is 3. The predicted octanol–water partition coefficient (Wildman–Crippen LogP) is 6.13. The van der Waals surface area contributed by atoms with Crippen molar-refractivity contribution in [3.63, 3.8) is 0 Å². The largest absolute Gasteiger partial charge is 0.466 e. The smallest absolute Gasteiger partial charge is 0.333 e. The molecule has 1 saturated heterocycles. The van der Waals surface area contributed by atoms with Crippen LogP contribution in [0.1, 0.15) is 76.0 Å². The molecule has 1 aliphatic heterocycles. The van der Waals surface area contributed by atoms with Crippen molar-refractivity contribution in [3.05, 3.63) is 120 Å². The van der Waals surface area contributed by atoms with Gasteiger partial charge in [0.25, 0.3) is 0 Å². The van der Waals surface area contributed by atoms with Crippen LogP contribution in [-0.2, 0) is 62.7 Å². The Morgan fingerprint density at radius 1 is 0.574 bits per heavy atom. The highest BCUT2D eigenvalue weighted by Crippen LogP contribution is 2.41. The molecule has 54 heavy (non-hydrogen) atoms. The van der Waals surface area contributed by atoms with Crippen LogP contribution in [0, 0.1) is 0 Å². The molecule has 1 aliphatic rings. The number of carbonyl (C=O) groups excluding carboxylic acids is 5. The molecule has 1 unspecified atom stereocenters. The minimum absolute atomic E-state index is 0.00473. The molecule has 1 heterocycles. The fourth-order valence-corrected chi connectivity index (χ4v) is 6.09. The van der Waals surface area contributed by atoms with Gasteiger partial charge in [0.1, 0.15) is 11.7 Å². The summed E-state index contributed by atoms with van der Waals surface area (Å²) < 4.78 is 41.4. The zero-order valence-corrected chi connectivity index (χ0v) is 31.1. The van der Waals surface area contributed by atoms with Gasteiger partial charge in [0.05, 0.1) is 13.7 Å². The third kappa shape index (κ3) is 10.9. The fraction of sp³-hybridized carbons (Fsp3) is 0.405. The molecule has 288 valence electrons. The number of carbonyl (C=O) groups is 5. The maximum absolute atomic E-state index is 13.2. The Hall–Kier alpha value is -5.33. The molecule has 5 atom stereocenters. The van der Waals surface area contributed by atoms with Crippen LogP contribution in [0.25, 0.3) is 0 Å². The second kappa shape index (κ2) is 20.8. The van der Waals surface area contributed by atoms with Crippen LogP contribution in [0.2, 0.25) is 0 Å². The molecule has 0 N–H and O–H groups in total. The van der Waals surface area contributed by atoms with Gasteiger partial charge in [-0.05, 0) is 36.0 Å². The van der Waals surface area contributed by atoms with Gasteiger partial charge in [0.15, 0.2) is 12.2 Å². The van der Waals surface area contributed by atoms with E-state index in [0.29, 0.717) is 19.3 Å². The molecule has 3 aromatic carbocycles. The Balaban J connectivity index is 1.87. The number of ether oxygens (including phenoxy) is 7. The fourth-order valence-electron chi connectivity index (χ4n) is 6.09. The summed E-state index contributed by atoms with van der Waals surface area (Å²) in [5.74, 6) is -3.85. The van der Waals surface area contributed by atoms with Crippen LogP contribution in [0.5, 0.6) is 0 Å². The summed E-state index contributed by atoms with van der Waals surface area (Å²) in [6, 6.07) is 28.6. The van der Waals surface area contributed by atoms with Crippen LogP contribution in [0.4, 0.5) is 0 Å². The Bertz CT molecular complexity index is 1600. The zero-order chi connectivity index (χ0) is 38.9. The molecule has 12 heteroatoms. The third-order valence-corrected chi connectivity index (χ3v) is 8.55. The molecule has 0 aliphatic carbocycles. The van der Waals surface area contributed by atoms with Gasteiger partial charge in [-0.2, -0.15) is 0 Å². The van der Waals surface area contributed by atoms with E-state index in [9.17, 15) is 24.0 Å². The maximum atomic E-state index is 13.2. The van der Waals surface area contributed by atoms with Crippen LogP contribution < -0.4 is 0 Å². The van der Waals surface area contributed by atoms with Gasteiger partial charge in [0, 0.05) is 31.4 Å². The predicted molar refractivity (Wildman–Crippen MR) is 195 cm³/mol. The van der Waals surface area contributed by atoms with Gasteiger partial charge in [-0.15, -0.1) is 0 Å². The number of rotatable bonds is 18. The molecule has 0 spiro atoms. The third-order valence-electron chi connectivity index (χ3n) is 8.55. The van der Waals surface area contributed by atoms with Crippen molar-refractivity contribution in [1.82, 2.24) is 0 Å². The molecule has 3 aromatic rings. The normalized spacial score (nSPS) is 19.7. The first-order chi connectivity index (χ1) is 26.2. The number of methoxy groups -OCH3 is 1. The van der Waals surface area contributed by atoms with Gasteiger partial charge in [0.2, 0.25) is 12.4 Å². The molecule has 4 rings (SSSR count). The standard InChI is InChI=1S/C42H48O12/c1-5-17-34(44)51-38-32(28-49-42(29-20-11-8-12-21-29,30-22-13-9-14-23-30)31-24-15-10-16-25-31)50-41(54-37(47)27-26-33(43)48-4)40(53-36(46)19-7-3)39(38)52-35(45)18-6-2/h8-16,20-27,32,38-41H,5-7,17-19,28H2,1-4H3/b27-26+/t32-,38+,39+,40-,41?/m1/s1. The Morgan fingerprint density at radius 3 is 1.41 bits per heavy atom. The average molecular weight is 745 g/mol. The Morgan fingerprint density at radius 2 is 0.981 bits per heavy atom. The maximum Gasteiger partial charge on any atom is 0.333 e. The summed E-state index contributed by atoms with van der Waals surface area (Å²) in [6.07, 6.45) is -4.42. The number of hydrogen-bond acceptors (Lipinski definition) is 12. The van der Waals surface area contributed by atoms with E-state index in [4.69, 9.17) is 28.4 Å². The Labute approximate surface area is 315 Å². The van der Waals surface area contributed by atoms with Crippen LogP contribution in [0.3, 0.4) is 0 Å².